The van der Waals surface area contributed by atoms with Crippen molar-refractivity contribution in [2.24, 2.45) is 5.92 Å². The van der Waals surface area contributed by atoms with Crippen molar-refractivity contribution in [1.82, 2.24) is 9.21 Å². The SMILES string of the molecule is CN(C(=O)C1CCN(S(=O)(=O)c2ccc(C#N)cc2)CC1)[C@H]1CCCc2ccccc21. The predicted octanol–water partition coefficient (Wildman–Crippen LogP) is 3.49. The average Bonchev–Trinajstić information content (AvgIpc) is 2.83. The summed E-state index contributed by atoms with van der Waals surface area (Å²) in [6.07, 6.45) is 4.13. The highest BCUT2D eigenvalue weighted by atomic mass is 32.2. The minimum Gasteiger partial charge on any atom is -0.338 e. The van der Waals surface area contributed by atoms with Crippen molar-refractivity contribution in [2.75, 3.05) is 20.1 Å². The molecule has 0 radical (unpaired) electrons. The van der Waals surface area contributed by atoms with Gasteiger partial charge in [-0.2, -0.15) is 9.57 Å². The van der Waals surface area contributed by atoms with Crippen LogP contribution in [0.1, 0.15) is 48.4 Å². The normalized spacial score (nSPS) is 19.9. The first-order valence-electron chi connectivity index (χ1n) is 10.8. The van der Waals surface area contributed by atoms with Crippen LogP contribution in [0.3, 0.4) is 0 Å². The largest absolute Gasteiger partial charge is 0.338 e. The molecule has 1 fully saturated rings. The van der Waals surface area contributed by atoms with Crippen molar-refractivity contribution in [2.45, 2.75) is 43.0 Å². The van der Waals surface area contributed by atoms with E-state index < -0.39 is 10.0 Å². The van der Waals surface area contributed by atoms with Crippen LogP contribution in [-0.2, 0) is 21.2 Å². The van der Waals surface area contributed by atoms with Gasteiger partial charge in [0.15, 0.2) is 0 Å². The third-order valence-electron chi connectivity index (χ3n) is 6.58. The summed E-state index contributed by atoms with van der Waals surface area (Å²) in [6, 6.07) is 16.4. The van der Waals surface area contributed by atoms with Crippen molar-refractivity contribution >= 4 is 15.9 Å². The van der Waals surface area contributed by atoms with E-state index in [9.17, 15) is 13.2 Å². The molecule has 0 N–H and O–H groups in total. The van der Waals surface area contributed by atoms with Crippen LogP contribution >= 0.6 is 0 Å². The third kappa shape index (κ3) is 4.23. The molecule has 1 aliphatic carbocycles. The number of aryl methyl sites for hydroxylation is 1. The maximum absolute atomic E-state index is 13.2. The molecule has 4 rings (SSSR count). The number of carbonyl (C=O) groups excluding carboxylic acids is 1. The fraction of sp³-hybridized carbons (Fsp3) is 0.417. The molecular weight excluding hydrogens is 410 g/mol. The number of hydrogen-bond acceptors (Lipinski definition) is 4. The van der Waals surface area contributed by atoms with Gasteiger partial charge in [0.2, 0.25) is 15.9 Å². The first-order chi connectivity index (χ1) is 14.9. The number of nitrogens with zero attached hydrogens (tertiary/aromatic N) is 3. The summed E-state index contributed by atoms with van der Waals surface area (Å²) in [4.78, 5) is 15.3. The Balaban J connectivity index is 1.41. The van der Waals surface area contributed by atoms with Gasteiger partial charge in [0.25, 0.3) is 0 Å². The molecular formula is C24H27N3O3S. The smallest absolute Gasteiger partial charge is 0.243 e. The average molecular weight is 438 g/mol. The van der Waals surface area contributed by atoms with Crippen LogP contribution in [0.4, 0.5) is 0 Å². The lowest BCUT2D eigenvalue weighted by molar-refractivity contribution is -0.138. The molecule has 2 aliphatic rings. The summed E-state index contributed by atoms with van der Waals surface area (Å²) in [5.41, 5.74) is 2.99. The summed E-state index contributed by atoms with van der Waals surface area (Å²) >= 11 is 0. The predicted molar refractivity (Wildman–Crippen MR) is 118 cm³/mol. The van der Waals surface area contributed by atoms with Crippen molar-refractivity contribution < 1.29 is 13.2 Å². The number of benzene rings is 2. The van der Waals surface area contributed by atoms with E-state index in [0.717, 1.165) is 19.3 Å². The molecule has 1 aliphatic heterocycles. The molecule has 0 unspecified atom stereocenters. The van der Waals surface area contributed by atoms with Crippen molar-refractivity contribution in [3.05, 3.63) is 65.2 Å². The molecule has 6 nitrogen and oxygen atoms in total. The number of rotatable bonds is 4. The first-order valence-corrected chi connectivity index (χ1v) is 12.2. The molecule has 2 aromatic carbocycles. The topological polar surface area (TPSA) is 81.5 Å². The van der Waals surface area contributed by atoms with Gasteiger partial charge in [0.1, 0.15) is 0 Å². The van der Waals surface area contributed by atoms with E-state index in [0.29, 0.717) is 31.5 Å². The number of carbonyl (C=O) groups is 1. The molecule has 0 saturated carbocycles. The molecule has 0 spiro atoms. The zero-order valence-electron chi connectivity index (χ0n) is 17.7. The highest BCUT2D eigenvalue weighted by Crippen LogP contribution is 2.35. The maximum atomic E-state index is 13.2. The van der Waals surface area contributed by atoms with Crippen LogP contribution in [0, 0.1) is 17.2 Å². The van der Waals surface area contributed by atoms with Crippen LogP contribution in [0.25, 0.3) is 0 Å². The highest BCUT2D eigenvalue weighted by Gasteiger charge is 2.35. The van der Waals surface area contributed by atoms with Crippen molar-refractivity contribution in [3.63, 3.8) is 0 Å². The molecule has 1 heterocycles. The Kier molecular flexibility index (Phi) is 6.12. The number of amides is 1. The van der Waals surface area contributed by atoms with Gasteiger partial charge in [-0.1, -0.05) is 24.3 Å². The monoisotopic (exact) mass is 437 g/mol. The van der Waals surface area contributed by atoms with Crippen LogP contribution in [0.15, 0.2) is 53.4 Å². The second-order valence-corrected chi connectivity index (χ2v) is 10.3. The fourth-order valence-electron chi connectivity index (χ4n) is 4.77. The lowest BCUT2D eigenvalue weighted by Crippen LogP contribution is -2.44. The lowest BCUT2D eigenvalue weighted by Gasteiger charge is -2.37. The molecule has 7 heteroatoms. The van der Waals surface area contributed by atoms with Gasteiger partial charge < -0.3 is 4.90 Å². The number of piperidine rings is 1. The molecule has 31 heavy (non-hydrogen) atoms. The van der Waals surface area contributed by atoms with E-state index in [-0.39, 0.29) is 22.8 Å². The Morgan fingerprint density at radius 3 is 2.42 bits per heavy atom. The van der Waals surface area contributed by atoms with Crippen molar-refractivity contribution in [1.29, 1.82) is 5.26 Å². The number of nitriles is 1. The van der Waals surface area contributed by atoms with Gasteiger partial charge in [-0.05, 0) is 67.5 Å². The Bertz CT molecular complexity index is 1100. The van der Waals surface area contributed by atoms with Gasteiger partial charge in [0.05, 0.1) is 22.6 Å². The minimum absolute atomic E-state index is 0.0952. The van der Waals surface area contributed by atoms with E-state index in [1.54, 1.807) is 0 Å². The van der Waals surface area contributed by atoms with E-state index in [1.165, 1.54) is 39.7 Å². The van der Waals surface area contributed by atoms with Crippen molar-refractivity contribution in [3.8, 4) is 6.07 Å². The number of hydrogen-bond donors (Lipinski definition) is 0. The Labute approximate surface area is 184 Å². The number of sulfonamides is 1. The molecule has 1 amide bonds. The summed E-state index contributed by atoms with van der Waals surface area (Å²) < 4.78 is 27.3. The summed E-state index contributed by atoms with van der Waals surface area (Å²) in [7, 11) is -1.73. The molecule has 1 atom stereocenters. The quantitative estimate of drug-likeness (QED) is 0.733. The molecule has 2 aromatic rings. The highest BCUT2D eigenvalue weighted by molar-refractivity contribution is 7.89. The van der Waals surface area contributed by atoms with Crippen LogP contribution < -0.4 is 0 Å². The molecule has 0 aromatic heterocycles. The van der Waals surface area contributed by atoms with Crippen LogP contribution in [0.2, 0.25) is 0 Å². The standard InChI is InChI=1S/C24H27N3O3S/c1-26(23-8-4-6-19-5-2-3-7-22(19)23)24(28)20-13-15-27(16-14-20)31(29,30)21-11-9-18(17-25)10-12-21/h2-3,5,7,9-12,20,23H,4,6,8,13-16H2,1H3/t23-/m0/s1. The molecule has 1 saturated heterocycles. The summed E-state index contributed by atoms with van der Waals surface area (Å²) in [5.74, 6) is -0.0522. The lowest BCUT2D eigenvalue weighted by atomic mass is 9.86. The van der Waals surface area contributed by atoms with Gasteiger partial charge in [-0.3, -0.25) is 4.79 Å². The second-order valence-electron chi connectivity index (χ2n) is 8.37. The zero-order valence-corrected chi connectivity index (χ0v) is 18.5. The Morgan fingerprint density at radius 2 is 1.74 bits per heavy atom. The summed E-state index contributed by atoms with van der Waals surface area (Å²) in [6.45, 7) is 0.654. The third-order valence-corrected chi connectivity index (χ3v) is 8.49. The zero-order chi connectivity index (χ0) is 22.0. The van der Waals surface area contributed by atoms with Gasteiger partial charge in [0, 0.05) is 26.1 Å². The van der Waals surface area contributed by atoms with Gasteiger partial charge >= 0.3 is 0 Å². The fourth-order valence-corrected chi connectivity index (χ4v) is 6.24. The number of fused-ring (bicyclic) bond motifs is 1. The second kappa shape index (κ2) is 8.81. The van der Waals surface area contributed by atoms with Crippen LogP contribution in [-0.4, -0.2) is 43.7 Å². The van der Waals surface area contributed by atoms with Gasteiger partial charge in [-0.25, -0.2) is 8.42 Å². The van der Waals surface area contributed by atoms with Crippen LogP contribution in [0.5, 0.6) is 0 Å². The maximum Gasteiger partial charge on any atom is 0.243 e. The van der Waals surface area contributed by atoms with E-state index in [4.69, 9.17) is 5.26 Å². The molecule has 162 valence electrons. The molecule has 0 bridgehead atoms. The van der Waals surface area contributed by atoms with Gasteiger partial charge in [-0.15, -0.1) is 0 Å². The van der Waals surface area contributed by atoms with E-state index >= 15 is 0 Å². The Morgan fingerprint density at radius 1 is 1.06 bits per heavy atom. The first kappa shape index (κ1) is 21.5. The van der Waals surface area contributed by atoms with E-state index in [2.05, 4.69) is 12.1 Å². The Hall–Kier alpha value is -2.69. The minimum atomic E-state index is -3.62. The summed E-state index contributed by atoms with van der Waals surface area (Å²) in [5, 5.41) is 8.91. The van der Waals surface area contributed by atoms with E-state index in [1.807, 2.05) is 30.1 Å².